The van der Waals surface area contributed by atoms with Gasteiger partial charge in [-0.05, 0) is 32.6 Å². The van der Waals surface area contributed by atoms with Gasteiger partial charge in [0.05, 0.1) is 0 Å². The number of nitrogens with one attached hydrogen (secondary N) is 1. The van der Waals surface area contributed by atoms with Gasteiger partial charge in [0.25, 0.3) is 0 Å². The van der Waals surface area contributed by atoms with Crippen molar-refractivity contribution in [1.82, 2.24) is 5.32 Å². The molecule has 0 radical (unpaired) electrons. The predicted octanol–water partition coefficient (Wildman–Crippen LogP) is 1.97. The first-order valence-electron chi connectivity index (χ1n) is 6.64. The highest BCUT2D eigenvalue weighted by Crippen LogP contribution is 2.02. The molecule has 0 saturated heterocycles. The van der Waals surface area contributed by atoms with E-state index in [1.165, 1.54) is 0 Å². The molecular formula is C14H25NO4. The van der Waals surface area contributed by atoms with Gasteiger partial charge in [0.15, 0.2) is 0 Å². The van der Waals surface area contributed by atoms with Crippen molar-refractivity contribution in [3.63, 3.8) is 0 Å². The van der Waals surface area contributed by atoms with Gasteiger partial charge in [-0.1, -0.05) is 26.0 Å². The van der Waals surface area contributed by atoms with Crippen molar-refractivity contribution in [2.75, 3.05) is 6.61 Å². The van der Waals surface area contributed by atoms with Crippen LogP contribution in [-0.4, -0.2) is 35.7 Å². The minimum Gasteiger partial charge on any atom is -0.480 e. The van der Waals surface area contributed by atoms with E-state index >= 15 is 0 Å². The summed E-state index contributed by atoms with van der Waals surface area (Å²) < 4.78 is 5.38. The highest BCUT2D eigenvalue weighted by molar-refractivity contribution is 5.86. The Labute approximate surface area is 115 Å². The minimum absolute atomic E-state index is 0.274. The Morgan fingerprint density at radius 1 is 1.32 bits per heavy atom. The zero-order valence-corrected chi connectivity index (χ0v) is 12.2. The molecule has 1 amide bonds. The van der Waals surface area contributed by atoms with Gasteiger partial charge >= 0.3 is 5.97 Å². The van der Waals surface area contributed by atoms with Crippen LogP contribution in [-0.2, 0) is 14.3 Å². The van der Waals surface area contributed by atoms with Crippen LogP contribution in [0.15, 0.2) is 12.2 Å². The van der Waals surface area contributed by atoms with Crippen LogP contribution >= 0.6 is 0 Å². The van der Waals surface area contributed by atoms with E-state index in [1.54, 1.807) is 26.0 Å². The second-order valence-corrected chi connectivity index (χ2v) is 4.90. The molecule has 0 aliphatic rings. The molecule has 0 aromatic carbocycles. The molecule has 19 heavy (non-hydrogen) atoms. The van der Waals surface area contributed by atoms with E-state index < -0.39 is 18.1 Å². The molecule has 0 aliphatic carbocycles. The van der Waals surface area contributed by atoms with E-state index in [4.69, 9.17) is 9.84 Å². The molecule has 0 aromatic heterocycles. The van der Waals surface area contributed by atoms with Crippen LogP contribution in [0.4, 0.5) is 0 Å². The van der Waals surface area contributed by atoms with E-state index in [-0.39, 0.29) is 12.3 Å². The summed E-state index contributed by atoms with van der Waals surface area (Å²) in [5.74, 6) is -0.918. The van der Waals surface area contributed by atoms with Crippen LogP contribution < -0.4 is 5.32 Å². The number of carbonyl (C=O) groups is 2. The van der Waals surface area contributed by atoms with E-state index in [2.05, 4.69) is 19.2 Å². The third-order valence-electron chi connectivity index (χ3n) is 2.65. The van der Waals surface area contributed by atoms with Gasteiger partial charge < -0.3 is 15.2 Å². The number of carboxylic acid groups (broad SMARTS) is 1. The first-order chi connectivity index (χ1) is 8.88. The molecule has 2 N–H and O–H groups in total. The van der Waals surface area contributed by atoms with E-state index in [9.17, 15) is 9.59 Å². The lowest BCUT2D eigenvalue weighted by Crippen LogP contribution is -2.45. The number of carboxylic acids is 1. The lowest BCUT2D eigenvalue weighted by atomic mass is 10.1. The van der Waals surface area contributed by atoms with Gasteiger partial charge in [-0.3, -0.25) is 4.79 Å². The Bertz CT molecular complexity index is 313. The quantitative estimate of drug-likeness (QED) is 0.629. The standard InChI is InChI=1S/C14H25NO4/c1-5-6-7-12(14(17)18)15-13(16)11(4)19-9-8-10(2)3/h5-6,10-12H,7-9H2,1-4H3,(H,15,16)(H,17,18)/b6-5+. The van der Waals surface area contributed by atoms with Crippen molar-refractivity contribution in [2.45, 2.75) is 52.7 Å². The summed E-state index contributed by atoms with van der Waals surface area (Å²) in [5.41, 5.74) is 0. The summed E-state index contributed by atoms with van der Waals surface area (Å²) in [5, 5.41) is 11.5. The Kier molecular flexibility index (Phi) is 8.87. The van der Waals surface area contributed by atoms with Crippen molar-refractivity contribution in [2.24, 2.45) is 5.92 Å². The van der Waals surface area contributed by atoms with Crippen LogP contribution in [0.25, 0.3) is 0 Å². The van der Waals surface area contributed by atoms with Gasteiger partial charge in [-0.25, -0.2) is 4.79 Å². The summed E-state index contributed by atoms with van der Waals surface area (Å²) in [6.45, 7) is 8.08. The number of aliphatic carboxylic acids is 1. The maximum absolute atomic E-state index is 11.8. The maximum Gasteiger partial charge on any atom is 0.326 e. The number of allylic oxidation sites excluding steroid dienone is 1. The van der Waals surface area contributed by atoms with Crippen molar-refractivity contribution in [1.29, 1.82) is 0 Å². The first-order valence-corrected chi connectivity index (χ1v) is 6.64. The van der Waals surface area contributed by atoms with Gasteiger partial charge in [-0.2, -0.15) is 0 Å². The lowest BCUT2D eigenvalue weighted by molar-refractivity contribution is -0.144. The molecule has 0 spiro atoms. The second-order valence-electron chi connectivity index (χ2n) is 4.90. The zero-order chi connectivity index (χ0) is 14.8. The Morgan fingerprint density at radius 3 is 2.42 bits per heavy atom. The van der Waals surface area contributed by atoms with Crippen LogP contribution in [0.2, 0.25) is 0 Å². The van der Waals surface area contributed by atoms with Crippen molar-refractivity contribution >= 4 is 11.9 Å². The summed E-state index contributed by atoms with van der Waals surface area (Å²) in [6, 6.07) is -0.903. The molecule has 0 fully saturated rings. The first kappa shape index (κ1) is 17.6. The number of hydrogen-bond acceptors (Lipinski definition) is 3. The van der Waals surface area contributed by atoms with Crippen LogP contribution in [0.5, 0.6) is 0 Å². The molecule has 0 aromatic rings. The van der Waals surface area contributed by atoms with Crippen molar-refractivity contribution in [3.05, 3.63) is 12.2 Å². The van der Waals surface area contributed by atoms with E-state index in [0.29, 0.717) is 12.5 Å². The fraction of sp³-hybridized carbons (Fsp3) is 0.714. The normalized spacial score (nSPS) is 14.6. The molecular weight excluding hydrogens is 246 g/mol. The average molecular weight is 271 g/mol. The Morgan fingerprint density at radius 2 is 1.95 bits per heavy atom. The Balaban J connectivity index is 4.19. The van der Waals surface area contributed by atoms with Gasteiger partial charge in [0, 0.05) is 6.61 Å². The van der Waals surface area contributed by atoms with Crippen LogP contribution in [0.3, 0.4) is 0 Å². The molecule has 5 heteroatoms. The predicted molar refractivity (Wildman–Crippen MR) is 73.9 cm³/mol. The number of hydrogen-bond donors (Lipinski definition) is 2. The molecule has 0 heterocycles. The maximum atomic E-state index is 11.8. The average Bonchev–Trinajstić information content (AvgIpc) is 2.33. The molecule has 0 bridgehead atoms. The number of carbonyl (C=O) groups excluding carboxylic acids is 1. The van der Waals surface area contributed by atoms with Crippen LogP contribution in [0, 0.1) is 5.92 Å². The number of ether oxygens (including phenoxy) is 1. The lowest BCUT2D eigenvalue weighted by Gasteiger charge is -2.17. The summed E-state index contributed by atoms with van der Waals surface area (Å²) in [6.07, 6.45) is 3.98. The fourth-order valence-corrected chi connectivity index (χ4v) is 1.34. The molecule has 0 rings (SSSR count). The molecule has 110 valence electrons. The second kappa shape index (κ2) is 9.55. The Hall–Kier alpha value is -1.36. The molecule has 0 aliphatic heterocycles. The van der Waals surface area contributed by atoms with Crippen molar-refractivity contribution < 1.29 is 19.4 Å². The largest absolute Gasteiger partial charge is 0.480 e. The van der Waals surface area contributed by atoms with E-state index in [1.807, 2.05) is 0 Å². The highest BCUT2D eigenvalue weighted by atomic mass is 16.5. The molecule has 2 unspecified atom stereocenters. The number of amides is 1. The van der Waals surface area contributed by atoms with Crippen LogP contribution in [0.1, 0.15) is 40.5 Å². The van der Waals surface area contributed by atoms with Gasteiger partial charge in [0.1, 0.15) is 12.1 Å². The fourth-order valence-electron chi connectivity index (χ4n) is 1.34. The highest BCUT2D eigenvalue weighted by Gasteiger charge is 2.22. The van der Waals surface area contributed by atoms with Gasteiger partial charge in [-0.15, -0.1) is 0 Å². The molecule has 2 atom stereocenters. The van der Waals surface area contributed by atoms with Crippen molar-refractivity contribution in [3.8, 4) is 0 Å². The zero-order valence-electron chi connectivity index (χ0n) is 12.2. The summed E-state index contributed by atoms with van der Waals surface area (Å²) >= 11 is 0. The SMILES string of the molecule is C/C=C/CC(NC(=O)C(C)OCCC(C)C)C(=O)O. The third kappa shape index (κ3) is 8.37. The summed E-state index contributed by atoms with van der Waals surface area (Å²) in [4.78, 5) is 22.8. The van der Waals surface area contributed by atoms with E-state index in [0.717, 1.165) is 6.42 Å². The minimum atomic E-state index is -1.04. The summed E-state index contributed by atoms with van der Waals surface area (Å²) in [7, 11) is 0. The third-order valence-corrected chi connectivity index (χ3v) is 2.65. The topological polar surface area (TPSA) is 75.6 Å². The molecule has 5 nitrogen and oxygen atoms in total. The smallest absolute Gasteiger partial charge is 0.326 e. The molecule has 0 saturated carbocycles. The van der Waals surface area contributed by atoms with Gasteiger partial charge in [0.2, 0.25) is 5.91 Å². The monoisotopic (exact) mass is 271 g/mol. The number of rotatable bonds is 9.